The molecule has 0 saturated heterocycles. The first-order chi connectivity index (χ1) is 4.45. The van der Waals surface area contributed by atoms with Crippen LogP contribution in [0.1, 0.15) is 27.2 Å². The van der Waals surface area contributed by atoms with E-state index >= 15 is 0 Å². The van der Waals surface area contributed by atoms with E-state index in [-0.39, 0.29) is 11.6 Å². The third kappa shape index (κ3) is 5.95. The van der Waals surface area contributed by atoms with Gasteiger partial charge < -0.3 is 4.74 Å². The van der Waals surface area contributed by atoms with Crippen LogP contribution in [0.15, 0.2) is 0 Å². The molecule has 2 nitrogen and oxygen atoms in total. The summed E-state index contributed by atoms with van der Waals surface area (Å²) < 4.78 is 4.99. The van der Waals surface area contributed by atoms with Gasteiger partial charge in [0.1, 0.15) is 5.60 Å². The number of carbonyl (C=O) groups is 1. The molecule has 0 aliphatic rings. The molecule has 0 aromatic rings. The van der Waals surface area contributed by atoms with Crippen LogP contribution in [-0.2, 0) is 9.53 Å². The lowest BCUT2D eigenvalue weighted by atomic mass is 10.2. The van der Waals surface area contributed by atoms with Crippen molar-refractivity contribution in [1.29, 1.82) is 0 Å². The number of carbonyl (C=O) groups excluding carboxylic acids is 1. The standard InChI is InChI=1S/C7H14O2S/c1-7(2,3)9-6(8)4-5-10/h10H,4-5H2,1-3H3. The molecule has 0 bridgehead atoms. The van der Waals surface area contributed by atoms with Crippen LogP contribution in [0.4, 0.5) is 0 Å². The van der Waals surface area contributed by atoms with Gasteiger partial charge in [0, 0.05) is 5.75 Å². The molecular formula is C7H14O2S. The van der Waals surface area contributed by atoms with Crippen LogP contribution in [-0.4, -0.2) is 17.3 Å². The molecule has 0 aromatic heterocycles. The van der Waals surface area contributed by atoms with E-state index in [0.717, 1.165) is 0 Å². The summed E-state index contributed by atoms with van der Waals surface area (Å²) in [5.41, 5.74) is -0.361. The minimum atomic E-state index is -0.361. The molecule has 0 aromatic carbocycles. The van der Waals surface area contributed by atoms with Crippen LogP contribution in [0.2, 0.25) is 0 Å². The Hall–Kier alpha value is -0.180. The van der Waals surface area contributed by atoms with Gasteiger partial charge in [0.05, 0.1) is 6.42 Å². The molecule has 3 heteroatoms. The van der Waals surface area contributed by atoms with E-state index in [4.69, 9.17) is 4.74 Å². The molecule has 0 amide bonds. The van der Waals surface area contributed by atoms with Crippen molar-refractivity contribution in [1.82, 2.24) is 0 Å². The summed E-state index contributed by atoms with van der Waals surface area (Å²) in [6.45, 7) is 5.55. The highest BCUT2D eigenvalue weighted by Crippen LogP contribution is 2.07. The first kappa shape index (κ1) is 9.82. The number of hydrogen-bond acceptors (Lipinski definition) is 3. The van der Waals surface area contributed by atoms with Crippen LogP contribution in [0.3, 0.4) is 0 Å². The van der Waals surface area contributed by atoms with Crippen molar-refractivity contribution in [2.24, 2.45) is 0 Å². The Labute approximate surface area is 67.4 Å². The van der Waals surface area contributed by atoms with E-state index in [9.17, 15) is 4.79 Å². The van der Waals surface area contributed by atoms with Gasteiger partial charge in [-0.05, 0) is 20.8 Å². The van der Waals surface area contributed by atoms with Crippen LogP contribution in [0.25, 0.3) is 0 Å². The Morgan fingerprint density at radius 3 is 2.30 bits per heavy atom. The fraction of sp³-hybridized carbons (Fsp3) is 0.857. The zero-order valence-corrected chi connectivity index (χ0v) is 7.57. The number of thiol groups is 1. The van der Waals surface area contributed by atoms with Gasteiger partial charge in [-0.15, -0.1) is 0 Å². The molecule has 0 heterocycles. The number of rotatable bonds is 2. The van der Waals surface area contributed by atoms with Gasteiger partial charge >= 0.3 is 5.97 Å². The second-order valence-corrected chi connectivity index (χ2v) is 3.51. The molecule has 60 valence electrons. The van der Waals surface area contributed by atoms with Gasteiger partial charge in [0.15, 0.2) is 0 Å². The average molecular weight is 162 g/mol. The quantitative estimate of drug-likeness (QED) is 0.493. The van der Waals surface area contributed by atoms with Crippen molar-refractivity contribution in [3.8, 4) is 0 Å². The van der Waals surface area contributed by atoms with Gasteiger partial charge in [-0.1, -0.05) is 0 Å². The lowest BCUT2D eigenvalue weighted by molar-refractivity contribution is -0.154. The molecule has 0 unspecified atom stereocenters. The molecule has 0 aliphatic carbocycles. The third-order valence-corrected chi connectivity index (χ3v) is 0.960. The zero-order valence-electron chi connectivity index (χ0n) is 6.68. The van der Waals surface area contributed by atoms with Crippen molar-refractivity contribution < 1.29 is 9.53 Å². The van der Waals surface area contributed by atoms with Crippen molar-refractivity contribution >= 4 is 18.6 Å². The summed E-state index contributed by atoms with van der Waals surface area (Å²) >= 11 is 3.91. The number of ether oxygens (including phenoxy) is 1. The van der Waals surface area contributed by atoms with Crippen LogP contribution < -0.4 is 0 Å². The number of esters is 1. The van der Waals surface area contributed by atoms with Crippen molar-refractivity contribution in [2.45, 2.75) is 32.8 Å². The third-order valence-electron chi connectivity index (χ3n) is 0.736. The van der Waals surface area contributed by atoms with Crippen molar-refractivity contribution in [2.75, 3.05) is 5.75 Å². The molecule has 0 saturated carbocycles. The van der Waals surface area contributed by atoms with Crippen LogP contribution in [0, 0.1) is 0 Å². The van der Waals surface area contributed by atoms with E-state index in [1.165, 1.54) is 0 Å². The van der Waals surface area contributed by atoms with Gasteiger partial charge in [-0.3, -0.25) is 4.79 Å². The summed E-state index contributed by atoms with van der Waals surface area (Å²) in [6, 6.07) is 0. The zero-order chi connectivity index (χ0) is 8.20. The summed E-state index contributed by atoms with van der Waals surface area (Å²) in [6.07, 6.45) is 0.389. The van der Waals surface area contributed by atoms with E-state index in [0.29, 0.717) is 12.2 Å². The van der Waals surface area contributed by atoms with Gasteiger partial charge in [-0.2, -0.15) is 12.6 Å². The maximum Gasteiger partial charge on any atom is 0.307 e. The minimum absolute atomic E-state index is 0.178. The first-order valence-electron chi connectivity index (χ1n) is 3.28. The maximum absolute atomic E-state index is 10.8. The van der Waals surface area contributed by atoms with Gasteiger partial charge in [-0.25, -0.2) is 0 Å². The predicted molar refractivity (Wildman–Crippen MR) is 44.3 cm³/mol. The lowest BCUT2D eigenvalue weighted by Gasteiger charge is -2.18. The Kier molecular flexibility index (Phi) is 3.79. The smallest absolute Gasteiger partial charge is 0.307 e. The summed E-state index contributed by atoms with van der Waals surface area (Å²) in [5, 5.41) is 0. The molecule has 0 rings (SSSR count). The summed E-state index contributed by atoms with van der Waals surface area (Å²) in [7, 11) is 0. The molecule has 0 N–H and O–H groups in total. The molecule has 0 aliphatic heterocycles. The van der Waals surface area contributed by atoms with Crippen LogP contribution >= 0.6 is 12.6 Å². The van der Waals surface area contributed by atoms with E-state index in [1.807, 2.05) is 20.8 Å². The molecule has 0 fully saturated rings. The fourth-order valence-corrected chi connectivity index (χ4v) is 0.666. The fourth-order valence-electron chi connectivity index (χ4n) is 0.484. The summed E-state index contributed by atoms with van der Waals surface area (Å²) in [5.74, 6) is 0.372. The average Bonchev–Trinajstić information content (AvgIpc) is 1.59. The minimum Gasteiger partial charge on any atom is -0.460 e. The topological polar surface area (TPSA) is 26.3 Å². The monoisotopic (exact) mass is 162 g/mol. The van der Waals surface area contributed by atoms with Crippen molar-refractivity contribution in [3.05, 3.63) is 0 Å². The second-order valence-electron chi connectivity index (χ2n) is 3.06. The highest BCUT2D eigenvalue weighted by atomic mass is 32.1. The SMILES string of the molecule is CC(C)(C)OC(=O)CCS. The predicted octanol–water partition coefficient (Wildman–Crippen LogP) is 1.65. The Bertz CT molecular complexity index is 115. The highest BCUT2D eigenvalue weighted by molar-refractivity contribution is 7.80. The Balaban J connectivity index is 3.58. The molecule has 0 radical (unpaired) electrons. The van der Waals surface area contributed by atoms with Crippen molar-refractivity contribution in [3.63, 3.8) is 0 Å². The largest absolute Gasteiger partial charge is 0.460 e. The molecule has 10 heavy (non-hydrogen) atoms. The molecule has 0 atom stereocenters. The highest BCUT2D eigenvalue weighted by Gasteiger charge is 2.14. The van der Waals surface area contributed by atoms with E-state index < -0.39 is 0 Å². The Morgan fingerprint density at radius 1 is 1.50 bits per heavy atom. The van der Waals surface area contributed by atoms with E-state index in [2.05, 4.69) is 12.6 Å². The lowest BCUT2D eigenvalue weighted by Crippen LogP contribution is -2.23. The first-order valence-corrected chi connectivity index (χ1v) is 3.91. The van der Waals surface area contributed by atoms with Gasteiger partial charge in [0.2, 0.25) is 0 Å². The Morgan fingerprint density at radius 2 is 2.00 bits per heavy atom. The normalized spacial score (nSPS) is 11.2. The van der Waals surface area contributed by atoms with Crippen LogP contribution in [0.5, 0.6) is 0 Å². The van der Waals surface area contributed by atoms with E-state index in [1.54, 1.807) is 0 Å². The number of hydrogen-bond donors (Lipinski definition) is 1. The maximum atomic E-state index is 10.8. The summed E-state index contributed by atoms with van der Waals surface area (Å²) in [4.78, 5) is 10.8. The second kappa shape index (κ2) is 3.86. The van der Waals surface area contributed by atoms with Gasteiger partial charge in [0.25, 0.3) is 0 Å². The molecule has 0 spiro atoms. The molecular weight excluding hydrogens is 148 g/mol.